The molecule has 5 unspecified atom stereocenters. The van der Waals surface area contributed by atoms with Gasteiger partial charge in [-0.1, -0.05) is 46.4 Å². The van der Waals surface area contributed by atoms with Gasteiger partial charge in [0, 0.05) is 14.2 Å². The third-order valence-electron chi connectivity index (χ3n) is 4.84. The first-order valence-electron chi connectivity index (χ1n) is 8.09. The smallest absolute Gasteiger partial charge is 0.312 e. The molecular formula is C16H18Cl6O6. The number of alkyl halides is 4. The van der Waals surface area contributed by atoms with Gasteiger partial charge in [-0.05, 0) is 6.92 Å². The first kappa shape index (κ1) is 24.6. The van der Waals surface area contributed by atoms with Crippen LogP contribution < -0.4 is 0 Å². The molecule has 2 bridgehead atoms. The van der Waals surface area contributed by atoms with Crippen molar-refractivity contribution in [2.45, 2.75) is 27.1 Å². The van der Waals surface area contributed by atoms with E-state index in [1.165, 1.54) is 14.2 Å². The van der Waals surface area contributed by atoms with E-state index >= 15 is 0 Å². The third kappa shape index (κ3) is 3.42. The summed E-state index contributed by atoms with van der Waals surface area (Å²) in [4.78, 5) is 21.7. The first-order chi connectivity index (χ1) is 12.9. The van der Waals surface area contributed by atoms with Crippen LogP contribution >= 0.6 is 69.6 Å². The molecule has 160 valence electrons. The fourth-order valence-electron chi connectivity index (χ4n) is 3.25. The Hall–Kier alpha value is 0.340. The molecule has 0 saturated heterocycles. The van der Waals surface area contributed by atoms with Crippen molar-refractivity contribution in [1.82, 2.24) is 0 Å². The van der Waals surface area contributed by atoms with Crippen LogP contribution in [0.15, 0.2) is 10.1 Å². The molecule has 0 spiro atoms. The molecule has 0 N–H and O–H groups in total. The lowest BCUT2D eigenvalue weighted by Gasteiger charge is -2.33. The van der Waals surface area contributed by atoms with Gasteiger partial charge >= 0.3 is 11.9 Å². The van der Waals surface area contributed by atoms with Crippen LogP contribution in [0.1, 0.15) is 6.92 Å². The number of hydrogen-bond acceptors (Lipinski definition) is 6. The van der Waals surface area contributed by atoms with E-state index in [0.29, 0.717) is 0 Å². The molecule has 6 nitrogen and oxygen atoms in total. The number of carbonyl (C=O) groups is 2. The highest BCUT2D eigenvalue weighted by Gasteiger charge is 2.86. The average molecular weight is 519 g/mol. The molecule has 0 heterocycles. The van der Waals surface area contributed by atoms with Gasteiger partial charge in [0.15, 0.2) is 4.33 Å². The van der Waals surface area contributed by atoms with Gasteiger partial charge in [0.2, 0.25) is 0 Å². The fraction of sp³-hybridized carbons (Fsp3) is 0.750. The molecule has 2 aliphatic carbocycles. The van der Waals surface area contributed by atoms with Gasteiger partial charge in [-0.2, -0.15) is 0 Å². The Kier molecular flexibility index (Phi) is 7.76. The molecule has 2 aliphatic rings. The van der Waals surface area contributed by atoms with E-state index in [1.807, 2.05) is 0 Å². The number of hydrogen-bond donors (Lipinski definition) is 0. The van der Waals surface area contributed by atoms with Crippen LogP contribution in [-0.4, -0.2) is 66.2 Å². The van der Waals surface area contributed by atoms with Gasteiger partial charge in [-0.15, -0.1) is 23.2 Å². The van der Waals surface area contributed by atoms with Crippen molar-refractivity contribution in [1.29, 1.82) is 0 Å². The molecule has 0 aromatic heterocycles. The van der Waals surface area contributed by atoms with Crippen molar-refractivity contribution in [3.8, 4) is 0 Å². The summed E-state index contributed by atoms with van der Waals surface area (Å²) in [6.07, 6.45) is -0.405. The molecule has 0 aromatic rings. The van der Waals surface area contributed by atoms with E-state index in [0.717, 1.165) is 0 Å². The van der Waals surface area contributed by atoms with Crippen molar-refractivity contribution in [3.05, 3.63) is 10.1 Å². The van der Waals surface area contributed by atoms with E-state index in [9.17, 15) is 9.59 Å². The molecule has 12 heteroatoms. The minimum atomic E-state index is -2.10. The van der Waals surface area contributed by atoms with Crippen molar-refractivity contribution < 1.29 is 28.5 Å². The van der Waals surface area contributed by atoms with Crippen LogP contribution in [0.5, 0.6) is 0 Å². The molecule has 5 atom stereocenters. The van der Waals surface area contributed by atoms with Crippen molar-refractivity contribution in [3.63, 3.8) is 0 Å². The summed E-state index contributed by atoms with van der Waals surface area (Å²) >= 11 is 38.7. The number of esters is 2. The second-order valence-electron chi connectivity index (χ2n) is 6.42. The van der Waals surface area contributed by atoms with E-state index in [4.69, 9.17) is 88.6 Å². The molecule has 1 fully saturated rings. The highest BCUT2D eigenvalue weighted by molar-refractivity contribution is 6.66. The zero-order valence-corrected chi connectivity index (χ0v) is 19.6. The molecule has 2 rings (SSSR count). The SMILES string of the molecule is COCCOC(=O)C1C(C(=O)OCC(C)OC)C2(Cl)C(Cl)=C(Cl)C1(Cl)C2(Cl)Cl. The zero-order valence-electron chi connectivity index (χ0n) is 15.1. The summed E-state index contributed by atoms with van der Waals surface area (Å²) in [5.41, 5.74) is 0. The molecular weight excluding hydrogens is 501 g/mol. The Bertz CT molecular complexity index is 685. The first-order valence-corrected chi connectivity index (χ1v) is 10.4. The Labute approximate surface area is 192 Å². The second kappa shape index (κ2) is 8.83. The van der Waals surface area contributed by atoms with Gasteiger partial charge in [-0.3, -0.25) is 9.59 Å². The predicted molar refractivity (Wildman–Crippen MR) is 108 cm³/mol. The summed E-state index contributed by atoms with van der Waals surface area (Å²) in [7, 11) is 2.88. The molecule has 28 heavy (non-hydrogen) atoms. The number of halogens is 6. The lowest BCUT2D eigenvalue weighted by Crippen LogP contribution is -2.47. The average Bonchev–Trinajstić information content (AvgIpc) is 2.86. The van der Waals surface area contributed by atoms with Crippen LogP contribution in [0.4, 0.5) is 0 Å². The highest BCUT2D eigenvalue weighted by atomic mass is 35.5. The Morgan fingerprint density at radius 3 is 1.82 bits per heavy atom. The van der Waals surface area contributed by atoms with Gasteiger partial charge in [0.25, 0.3) is 0 Å². The monoisotopic (exact) mass is 516 g/mol. The number of rotatable bonds is 8. The standard InChI is InChI=1S/C16H18Cl6O6/c1-7(26-3)6-28-13(24)9-8(12(23)27-5-4-25-2)14(19)10(17)11(18)15(9,20)16(14,21)22/h7-9H,4-6H2,1-3H3. The topological polar surface area (TPSA) is 71.1 Å². The summed E-state index contributed by atoms with van der Waals surface area (Å²) in [6.45, 7) is 1.61. The van der Waals surface area contributed by atoms with Gasteiger partial charge in [-0.25, -0.2) is 0 Å². The quantitative estimate of drug-likeness (QED) is 0.276. The summed E-state index contributed by atoms with van der Waals surface area (Å²) in [5.74, 6) is -4.66. The Morgan fingerprint density at radius 1 is 0.929 bits per heavy atom. The Balaban J connectivity index is 2.47. The van der Waals surface area contributed by atoms with Crippen LogP contribution in [-0.2, 0) is 28.5 Å². The summed E-state index contributed by atoms with van der Waals surface area (Å²) in [5, 5.41) is -0.447. The molecule has 0 radical (unpaired) electrons. The lowest BCUT2D eigenvalue weighted by atomic mass is 9.82. The number of methoxy groups -OCH3 is 2. The molecule has 0 aliphatic heterocycles. The Morgan fingerprint density at radius 2 is 1.39 bits per heavy atom. The van der Waals surface area contributed by atoms with Crippen LogP contribution in [0.25, 0.3) is 0 Å². The summed E-state index contributed by atoms with van der Waals surface area (Å²) in [6, 6.07) is 0. The highest BCUT2D eigenvalue weighted by Crippen LogP contribution is 2.76. The van der Waals surface area contributed by atoms with Crippen LogP contribution in [0, 0.1) is 11.8 Å². The largest absolute Gasteiger partial charge is 0.463 e. The number of carbonyl (C=O) groups excluding carboxylic acids is 2. The summed E-state index contributed by atoms with van der Waals surface area (Å²) < 4.78 is 18.2. The minimum absolute atomic E-state index is 0.0940. The second-order valence-corrected chi connectivity index (χ2v) is 9.69. The molecule has 0 amide bonds. The zero-order chi connectivity index (χ0) is 21.5. The van der Waals surface area contributed by atoms with Crippen molar-refractivity contribution in [2.24, 2.45) is 11.8 Å². The van der Waals surface area contributed by atoms with E-state index in [1.54, 1.807) is 6.92 Å². The van der Waals surface area contributed by atoms with E-state index in [-0.39, 0.29) is 29.9 Å². The van der Waals surface area contributed by atoms with Crippen LogP contribution in [0.3, 0.4) is 0 Å². The minimum Gasteiger partial charge on any atom is -0.463 e. The van der Waals surface area contributed by atoms with Gasteiger partial charge in [0.1, 0.15) is 23.0 Å². The van der Waals surface area contributed by atoms with Crippen molar-refractivity contribution in [2.75, 3.05) is 34.0 Å². The van der Waals surface area contributed by atoms with Gasteiger partial charge < -0.3 is 18.9 Å². The number of fused-ring (bicyclic) bond motifs is 2. The lowest BCUT2D eigenvalue weighted by molar-refractivity contribution is -0.163. The number of allylic oxidation sites excluding steroid dienone is 2. The van der Waals surface area contributed by atoms with Gasteiger partial charge in [0.05, 0.1) is 34.6 Å². The third-order valence-corrected chi connectivity index (χ3v) is 9.10. The van der Waals surface area contributed by atoms with Crippen LogP contribution in [0.2, 0.25) is 0 Å². The maximum absolute atomic E-state index is 12.9. The molecule has 1 saturated carbocycles. The van der Waals surface area contributed by atoms with E-state index < -0.39 is 44.0 Å². The number of ether oxygens (including phenoxy) is 4. The predicted octanol–water partition coefficient (Wildman–Crippen LogP) is 3.83. The normalized spacial score (nSPS) is 34.5. The van der Waals surface area contributed by atoms with Crippen molar-refractivity contribution >= 4 is 81.5 Å². The molecule has 0 aromatic carbocycles. The maximum atomic E-state index is 12.9. The fourth-order valence-corrected chi connectivity index (χ4v) is 6.17. The van der Waals surface area contributed by atoms with E-state index in [2.05, 4.69) is 0 Å². The maximum Gasteiger partial charge on any atom is 0.312 e.